The predicted octanol–water partition coefficient (Wildman–Crippen LogP) is 7.70. The number of amides is 1. The van der Waals surface area contributed by atoms with Gasteiger partial charge in [0, 0.05) is 60.9 Å². The fourth-order valence-corrected chi connectivity index (χ4v) is 9.49. The molecule has 0 N–H and O–H groups in total. The summed E-state index contributed by atoms with van der Waals surface area (Å²) in [6.45, 7) is 24.3. The maximum absolute atomic E-state index is 14.7. The van der Waals surface area contributed by atoms with Crippen molar-refractivity contribution in [1.29, 1.82) is 0 Å². The molecule has 1 amide bonds. The number of carbonyl (C=O) groups excluding carboxylic acids is 4. The van der Waals surface area contributed by atoms with Crippen LogP contribution in [0, 0.1) is 40.9 Å². The van der Waals surface area contributed by atoms with Gasteiger partial charge < -0.3 is 23.5 Å². The second-order valence-electron chi connectivity index (χ2n) is 17.5. The number of nitrogens with zero attached hydrogens (tertiary/aromatic N) is 4. The summed E-state index contributed by atoms with van der Waals surface area (Å²) in [6.07, 6.45) is 8.83. The van der Waals surface area contributed by atoms with Crippen LogP contribution < -0.4 is 0 Å². The van der Waals surface area contributed by atoms with E-state index in [4.69, 9.17) is 18.9 Å². The number of ketones is 2. The number of hydrogen-bond donors (Lipinski definition) is 0. The number of hydrogen-bond acceptors (Lipinski definition) is 10. The summed E-state index contributed by atoms with van der Waals surface area (Å²) in [5, 5.41) is 0. The zero-order valence-electron chi connectivity index (χ0n) is 35.1. The molecule has 1 unspecified atom stereocenters. The minimum atomic E-state index is -1.53. The number of esters is 1. The Balaban J connectivity index is 1.43. The number of pyridine rings is 1. The van der Waals surface area contributed by atoms with Crippen molar-refractivity contribution in [1.82, 2.24) is 19.4 Å². The maximum Gasteiger partial charge on any atom is 0.411 e. The van der Waals surface area contributed by atoms with Crippen LogP contribution in [0.1, 0.15) is 101 Å². The molecule has 3 aliphatic heterocycles. The van der Waals surface area contributed by atoms with Gasteiger partial charge in [-0.3, -0.25) is 24.3 Å². The van der Waals surface area contributed by atoms with Gasteiger partial charge in [0.15, 0.2) is 17.7 Å². The molecular formula is C44H64N4O8. The number of ether oxygens (including phenoxy) is 4. The SMILES string of the molecule is C=C[C@]12OC(=O)N(CCCCn3cnc(-c4cccnc4)c3)[C@@H]1[C@@H](C)C(=O)[C@H](C)CC(C)(C)[C@H](OC1O[C@H](C)C[C@H](C)[C@H]1C)[C@@H](C)C(=O)[C@@H](C)C(=O)O[C@@H]2CC. The molecule has 3 saturated heterocycles. The van der Waals surface area contributed by atoms with Gasteiger partial charge in [0.05, 0.1) is 30.3 Å². The van der Waals surface area contributed by atoms with Crippen LogP contribution in [0.15, 0.2) is 49.7 Å². The van der Waals surface area contributed by atoms with Crippen LogP contribution in [0.3, 0.4) is 0 Å². The maximum atomic E-state index is 14.7. The second kappa shape index (κ2) is 17.7. The number of rotatable bonds is 10. The molecular weight excluding hydrogens is 713 g/mol. The number of aryl methyl sites for hydroxylation is 1. The summed E-state index contributed by atoms with van der Waals surface area (Å²) < 4.78 is 27.5. The van der Waals surface area contributed by atoms with E-state index in [-0.39, 0.29) is 30.0 Å². The summed E-state index contributed by atoms with van der Waals surface area (Å²) >= 11 is 0. The third-order valence-corrected chi connectivity index (χ3v) is 12.8. The summed E-state index contributed by atoms with van der Waals surface area (Å²) in [6, 6.07) is 3.02. The van der Waals surface area contributed by atoms with Gasteiger partial charge in [-0.05, 0) is 75.5 Å². The van der Waals surface area contributed by atoms with Crippen molar-refractivity contribution in [3.05, 3.63) is 49.7 Å². The van der Waals surface area contributed by atoms with Gasteiger partial charge in [-0.15, -0.1) is 0 Å². The first-order chi connectivity index (χ1) is 26.4. The first kappa shape index (κ1) is 43.2. The first-order valence-corrected chi connectivity index (χ1v) is 20.6. The van der Waals surface area contributed by atoms with E-state index in [9.17, 15) is 19.2 Å². The fourth-order valence-electron chi connectivity index (χ4n) is 9.49. The highest BCUT2D eigenvalue weighted by Crippen LogP contribution is 2.45. The van der Waals surface area contributed by atoms with Gasteiger partial charge in [0.2, 0.25) is 0 Å². The van der Waals surface area contributed by atoms with Crippen molar-refractivity contribution in [3.8, 4) is 11.3 Å². The average molecular weight is 777 g/mol. The molecule has 12 atom stereocenters. The van der Waals surface area contributed by atoms with Crippen molar-refractivity contribution < 1.29 is 38.1 Å². The number of imidazole rings is 1. The van der Waals surface area contributed by atoms with Crippen molar-refractivity contribution in [2.24, 2.45) is 40.9 Å². The zero-order chi connectivity index (χ0) is 41.1. The number of unbranched alkanes of at least 4 members (excludes halogenated alkanes) is 1. The number of fused-ring (bicyclic) bond motifs is 1. The average Bonchev–Trinajstić information content (AvgIpc) is 3.76. The topological polar surface area (TPSA) is 139 Å². The summed E-state index contributed by atoms with van der Waals surface area (Å²) in [5.41, 5.74) is -0.471. The molecule has 0 saturated carbocycles. The van der Waals surface area contributed by atoms with Crippen LogP contribution in [0.25, 0.3) is 11.3 Å². The summed E-state index contributed by atoms with van der Waals surface area (Å²) in [7, 11) is 0. The van der Waals surface area contributed by atoms with E-state index in [2.05, 4.69) is 30.4 Å². The lowest BCUT2D eigenvalue weighted by Crippen LogP contribution is -2.58. The minimum Gasteiger partial charge on any atom is -0.457 e. The van der Waals surface area contributed by atoms with Crippen molar-refractivity contribution >= 4 is 23.6 Å². The van der Waals surface area contributed by atoms with Gasteiger partial charge in [-0.25, -0.2) is 9.78 Å². The van der Waals surface area contributed by atoms with E-state index in [1.54, 1.807) is 37.5 Å². The Morgan fingerprint density at radius 3 is 2.38 bits per heavy atom. The Bertz CT molecular complexity index is 1710. The molecule has 0 aliphatic carbocycles. The molecule has 0 radical (unpaired) electrons. The molecule has 5 rings (SSSR count). The summed E-state index contributed by atoms with van der Waals surface area (Å²) in [5.74, 6) is -3.72. The molecule has 12 heteroatoms. The quantitative estimate of drug-likeness (QED) is 0.102. The lowest BCUT2D eigenvalue weighted by atomic mass is 9.69. The molecule has 2 aromatic rings. The molecule has 0 bridgehead atoms. The molecule has 5 heterocycles. The molecule has 12 nitrogen and oxygen atoms in total. The lowest BCUT2D eigenvalue weighted by Gasteiger charge is -2.46. The van der Waals surface area contributed by atoms with E-state index in [1.807, 2.05) is 64.4 Å². The van der Waals surface area contributed by atoms with Gasteiger partial charge >= 0.3 is 12.1 Å². The minimum absolute atomic E-state index is 0.0133. The van der Waals surface area contributed by atoms with Crippen LogP contribution in [0.2, 0.25) is 0 Å². The third kappa shape index (κ3) is 8.81. The summed E-state index contributed by atoms with van der Waals surface area (Å²) in [4.78, 5) is 67.2. The molecule has 2 aromatic heterocycles. The van der Waals surface area contributed by atoms with E-state index in [1.165, 1.54) is 6.08 Å². The molecule has 308 valence electrons. The Hall–Kier alpha value is -3.90. The fraction of sp³-hybridized carbons (Fsp3) is 0.682. The van der Waals surface area contributed by atoms with Crippen LogP contribution in [0.5, 0.6) is 0 Å². The predicted molar refractivity (Wildman–Crippen MR) is 212 cm³/mol. The number of Topliss-reactive ketones (excluding diaryl/α,β-unsaturated/α-hetero) is 2. The molecule has 3 aliphatic rings. The normalized spacial score (nSPS) is 35.7. The zero-order valence-corrected chi connectivity index (χ0v) is 35.1. The van der Waals surface area contributed by atoms with Crippen LogP contribution in [0.4, 0.5) is 4.79 Å². The van der Waals surface area contributed by atoms with Gasteiger partial charge in [0.1, 0.15) is 17.8 Å². The Labute approximate surface area is 333 Å². The van der Waals surface area contributed by atoms with Crippen LogP contribution in [-0.2, 0) is 39.9 Å². The Kier molecular flexibility index (Phi) is 13.7. The molecule has 3 fully saturated rings. The van der Waals surface area contributed by atoms with Gasteiger partial charge in [-0.2, -0.15) is 0 Å². The van der Waals surface area contributed by atoms with E-state index in [0.29, 0.717) is 31.8 Å². The van der Waals surface area contributed by atoms with Gasteiger partial charge in [-0.1, -0.05) is 62.0 Å². The highest BCUT2D eigenvalue weighted by atomic mass is 16.7. The smallest absolute Gasteiger partial charge is 0.411 e. The standard InChI is InChI=1S/C44H64N4O8/c1-12-35-44(13-2)38(48(42(52)56-44)20-15-14-19-47-24-34(46-25-47)33-17-16-18-45-23-33)30(7)36(49)27(4)22-43(10,11)39(31(8)37(50)32(9)40(51)54-35)55-41-29(6)26(3)21-28(5)53-41/h13,16-18,23-32,35,38-39,41H,2,12,14-15,19-22H2,1,3-11H3/t26-,27+,28+,29+,30-,31-,32+,35+,38+,39+,41?,44+/m0/s1. The van der Waals surface area contributed by atoms with E-state index >= 15 is 0 Å². The van der Waals surface area contributed by atoms with Crippen LogP contribution >= 0.6 is 0 Å². The van der Waals surface area contributed by atoms with Crippen molar-refractivity contribution in [2.45, 2.75) is 144 Å². The van der Waals surface area contributed by atoms with Crippen LogP contribution in [-0.4, -0.2) is 85.9 Å². The number of cyclic esters (lactones) is 1. The van der Waals surface area contributed by atoms with Gasteiger partial charge in [0.25, 0.3) is 0 Å². The largest absolute Gasteiger partial charge is 0.457 e. The van der Waals surface area contributed by atoms with E-state index < -0.39 is 71.3 Å². The first-order valence-electron chi connectivity index (χ1n) is 20.6. The van der Waals surface area contributed by atoms with Crippen molar-refractivity contribution in [2.75, 3.05) is 6.54 Å². The lowest BCUT2D eigenvalue weighted by molar-refractivity contribution is -0.267. The molecule has 0 spiro atoms. The number of carbonyl (C=O) groups is 4. The Morgan fingerprint density at radius 1 is 1.00 bits per heavy atom. The Morgan fingerprint density at radius 2 is 1.71 bits per heavy atom. The highest BCUT2D eigenvalue weighted by molar-refractivity contribution is 6.00. The monoisotopic (exact) mass is 776 g/mol. The second-order valence-corrected chi connectivity index (χ2v) is 17.5. The van der Waals surface area contributed by atoms with Crippen molar-refractivity contribution in [3.63, 3.8) is 0 Å². The molecule has 0 aromatic carbocycles. The highest BCUT2D eigenvalue weighted by Gasteiger charge is 2.61. The third-order valence-electron chi connectivity index (χ3n) is 12.8. The molecule has 56 heavy (non-hydrogen) atoms. The van der Waals surface area contributed by atoms with E-state index in [0.717, 1.165) is 24.1 Å². The number of aromatic nitrogens is 3.